The lowest BCUT2D eigenvalue weighted by atomic mass is 10.3. The first-order valence-corrected chi connectivity index (χ1v) is 6.48. The van der Waals surface area contributed by atoms with Gasteiger partial charge in [0.1, 0.15) is 10.9 Å². The molecule has 0 aliphatic carbocycles. The van der Waals surface area contributed by atoms with Crippen molar-refractivity contribution >= 4 is 23.2 Å². The standard InChI is InChI=1S/C12H13N3O3S/c1-8(15-6-2-5-14-15)11(16)13-7-9-3-4-10(19-9)12(17)18/h2-6,8H,7H2,1H3,(H,13,16)(H,17,18). The Morgan fingerprint density at radius 3 is 2.89 bits per heavy atom. The van der Waals surface area contributed by atoms with Crippen molar-refractivity contribution in [3.63, 3.8) is 0 Å². The van der Waals surface area contributed by atoms with Crippen LogP contribution in [0.2, 0.25) is 0 Å². The van der Waals surface area contributed by atoms with Crippen molar-refractivity contribution in [3.05, 3.63) is 40.3 Å². The van der Waals surface area contributed by atoms with Crippen molar-refractivity contribution in [1.29, 1.82) is 0 Å². The van der Waals surface area contributed by atoms with Gasteiger partial charge >= 0.3 is 5.97 Å². The minimum Gasteiger partial charge on any atom is -0.477 e. The Hall–Kier alpha value is -2.15. The highest BCUT2D eigenvalue weighted by molar-refractivity contribution is 7.13. The van der Waals surface area contributed by atoms with Gasteiger partial charge in [0.15, 0.2) is 0 Å². The van der Waals surface area contributed by atoms with E-state index in [1.54, 1.807) is 36.1 Å². The van der Waals surface area contributed by atoms with E-state index in [4.69, 9.17) is 5.11 Å². The number of aromatic carboxylic acids is 1. The molecule has 6 nitrogen and oxygen atoms in total. The van der Waals surface area contributed by atoms with Crippen LogP contribution in [0.3, 0.4) is 0 Å². The average Bonchev–Trinajstić information content (AvgIpc) is 3.05. The third kappa shape index (κ3) is 3.19. The smallest absolute Gasteiger partial charge is 0.345 e. The fourth-order valence-electron chi connectivity index (χ4n) is 1.54. The Morgan fingerprint density at radius 1 is 1.53 bits per heavy atom. The molecule has 0 aliphatic rings. The Labute approximate surface area is 113 Å². The van der Waals surface area contributed by atoms with Crippen LogP contribution in [0.15, 0.2) is 30.6 Å². The molecule has 1 atom stereocenters. The highest BCUT2D eigenvalue weighted by Crippen LogP contribution is 2.16. The predicted molar refractivity (Wildman–Crippen MR) is 70.1 cm³/mol. The Kier molecular flexibility index (Phi) is 3.96. The molecule has 100 valence electrons. The van der Waals surface area contributed by atoms with Crippen molar-refractivity contribution in [2.75, 3.05) is 0 Å². The van der Waals surface area contributed by atoms with Gasteiger partial charge in [0.2, 0.25) is 5.91 Å². The minimum absolute atomic E-state index is 0.158. The number of carbonyl (C=O) groups excluding carboxylic acids is 1. The molecular formula is C12H13N3O3S. The van der Waals surface area contributed by atoms with E-state index < -0.39 is 12.0 Å². The molecule has 19 heavy (non-hydrogen) atoms. The first-order chi connectivity index (χ1) is 9.08. The van der Waals surface area contributed by atoms with Gasteiger partial charge in [-0.25, -0.2) is 4.79 Å². The van der Waals surface area contributed by atoms with E-state index in [0.29, 0.717) is 6.54 Å². The highest BCUT2D eigenvalue weighted by Gasteiger charge is 2.15. The summed E-state index contributed by atoms with van der Waals surface area (Å²) in [4.78, 5) is 23.7. The van der Waals surface area contributed by atoms with Crippen LogP contribution in [0.5, 0.6) is 0 Å². The number of amides is 1. The molecule has 0 radical (unpaired) electrons. The first-order valence-electron chi connectivity index (χ1n) is 5.67. The van der Waals surface area contributed by atoms with E-state index in [0.717, 1.165) is 16.2 Å². The third-order valence-electron chi connectivity index (χ3n) is 2.61. The highest BCUT2D eigenvalue weighted by atomic mass is 32.1. The monoisotopic (exact) mass is 279 g/mol. The van der Waals surface area contributed by atoms with Crippen LogP contribution in [0.1, 0.15) is 27.5 Å². The number of aromatic nitrogens is 2. The number of nitrogens with zero attached hydrogens (tertiary/aromatic N) is 2. The van der Waals surface area contributed by atoms with Crippen molar-refractivity contribution in [2.45, 2.75) is 19.5 Å². The van der Waals surface area contributed by atoms with Gasteiger partial charge in [0.05, 0.1) is 6.54 Å². The molecule has 0 bridgehead atoms. The maximum Gasteiger partial charge on any atom is 0.345 e. The zero-order chi connectivity index (χ0) is 13.8. The van der Waals surface area contributed by atoms with E-state index in [1.165, 1.54) is 6.07 Å². The molecule has 0 aliphatic heterocycles. The Morgan fingerprint density at radius 2 is 2.32 bits per heavy atom. The van der Waals surface area contributed by atoms with Gasteiger partial charge in [-0.3, -0.25) is 9.48 Å². The number of carboxylic acid groups (broad SMARTS) is 1. The van der Waals surface area contributed by atoms with Crippen LogP contribution < -0.4 is 5.32 Å². The number of thiophene rings is 1. The summed E-state index contributed by atoms with van der Waals surface area (Å²) >= 11 is 1.16. The van der Waals surface area contributed by atoms with Crippen molar-refractivity contribution < 1.29 is 14.7 Å². The number of carboxylic acids is 1. The van der Waals surface area contributed by atoms with Crippen LogP contribution in [0.4, 0.5) is 0 Å². The van der Waals surface area contributed by atoms with Crippen LogP contribution in [0, 0.1) is 0 Å². The van der Waals surface area contributed by atoms with Crippen molar-refractivity contribution in [2.24, 2.45) is 0 Å². The molecule has 0 fully saturated rings. The summed E-state index contributed by atoms with van der Waals surface area (Å²) in [6.45, 7) is 2.07. The summed E-state index contributed by atoms with van der Waals surface area (Å²) < 4.78 is 1.56. The van der Waals surface area contributed by atoms with Crippen molar-refractivity contribution in [1.82, 2.24) is 15.1 Å². The molecule has 0 saturated heterocycles. The van der Waals surface area contributed by atoms with Gasteiger partial charge in [-0.2, -0.15) is 5.10 Å². The molecule has 2 N–H and O–H groups in total. The Bertz CT molecular complexity index is 577. The molecule has 0 aromatic carbocycles. The van der Waals surface area contributed by atoms with Crippen molar-refractivity contribution in [3.8, 4) is 0 Å². The summed E-state index contributed by atoms with van der Waals surface area (Å²) in [6, 6.07) is 4.59. The molecule has 1 amide bonds. The average molecular weight is 279 g/mol. The third-order valence-corrected chi connectivity index (χ3v) is 3.68. The van der Waals surface area contributed by atoms with Crippen LogP contribution in [-0.2, 0) is 11.3 Å². The predicted octanol–water partition coefficient (Wildman–Crippen LogP) is 1.52. The lowest BCUT2D eigenvalue weighted by molar-refractivity contribution is -0.124. The Balaban J connectivity index is 1.91. The fraction of sp³-hybridized carbons (Fsp3) is 0.250. The van der Waals surface area contributed by atoms with Crippen LogP contribution in [-0.4, -0.2) is 26.8 Å². The van der Waals surface area contributed by atoms with Gasteiger partial charge in [0, 0.05) is 17.3 Å². The number of nitrogens with one attached hydrogen (secondary N) is 1. The molecular weight excluding hydrogens is 266 g/mol. The quantitative estimate of drug-likeness (QED) is 0.869. The largest absolute Gasteiger partial charge is 0.477 e. The number of carbonyl (C=O) groups is 2. The lowest BCUT2D eigenvalue weighted by Crippen LogP contribution is -2.30. The van der Waals surface area contributed by atoms with Gasteiger partial charge in [0.25, 0.3) is 0 Å². The topological polar surface area (TPSA) is 84.2 Å². The molecule has 0 spiro atoms. The van der Waals surface area contributed by atoms with E-state index >= 15 is 0 Å². The lowest BCUT2D eigenvalue weighted by Gasteiger charge is -2.11. The van der Waals surface area contributed by atoms with Gasteiger partial charge in [-0.05, 0) is 25.1 Å². The number of hydrogen-bond acceptors (Lipinski definition) is 4. The molecule has 2 rings (SSSR count). The summed E-state index contributed by atoms with van der Waals surface area (Å²) in [6.07, 6.45) is 3.33. The molecule has 2 aromatic heterocycles. The molecule has 7 heteroatoms. The first kappa shape index (κ1) is 13.3. The van der Waals surface area contributed by atoms with Crippen LogP contribution in [0.25, 0.3) is 0 Å². The molecule has 1 unspecified atom stereocenters. The second-order valence-corrected chi connectivity index (χ2v) is 5.12. The summed E-state index contributed by atoms with van der Waals surface area (Å²) in [7, 11) is 0. The van der Waals surface area contributed by atoms with E-state index in [-0.39, 0.29) is 10.8 Å². The SMILES string of the molecule is CC(C(=O)NCc1ccc(C(=O)O)s1)n1cccn1. The van der Waals surface area contributed by atoms with E-state index in [2.05, 4.69) is 10.4 Å². The molecule has 2 heterocycles. The maximum atomic E-state index is 11.9. The fourth-order valence-corrected chi connectivity index (χ4v) is 2.33. The van der Waals surface area contributed by atoms with Crippen LogP contribution >= 0.6 is 11.3 Å². The summed E-state index contributed by atoms with van der Waals surface area (Å²) in [5, 5.41) is 15.6. The van der Waals surface area contributed by atoms with Gasteiger partial charge < -0.3 is 10.4 Å². The number of rotatable bonds is 5. The van der Waals surface area contributed by atoms with Gasteiger partial charge in [-0.15, -0.1) is 11.3 Å². The number of hydrogen-bond donors (Lipinski definition) is 2. The van der Waals surface area contributed by atoms with Gasteiger partial charge in [-0.1, -0.05) is 0 Å². The molecule has 2 aromatic rings. The summed E-state index contributed by atoms with van der Waals surface area (Å²) in [5.74, 6) is -1.11. The normalized spacial score (nSPS) is 12.1. The maximum absolute atomic E-state index is 11.9. The molecule has 0 saturated carbocycles. The minimum atomic E-state index is -0.951. The van der Waals surface area contributed by atoms with E-state index in [9.17, 15) is 9.59 Å². The summed E-state index contributed by atoms with van der Waals surface area (Å²) in [5.41, 5.74) is 0. The van der Waals surface area contributed by atoms with E-state index in [1.807, 2.05) is 0 Å². The zero-order valence-corrected chi connectivity index (χ0v) is 11.1. The zero-order valence-electron chi connectivity index (χ0n) is 10.2. The second kappa shape index (κ2) is 5.66. The second-order valence-electron chi connectivity index (χ2n) is 3.95.